The van der Waals surface area contributed by atoms with E-state index in [0.29, 0.717) is 19.1 Å². The molecule has 0 fully saturated rings. The van der Waals surface area contributed by atoms with Crippen LogP contribution in [-0.2, 0) is 4.74 Å². The van der Waals surface area contributed by atoms with Gasteiger partial charge in [0.2, 0.25) is 0 Å². The Hall–Kier alpha value is -1.55. The van der Waals surface area contributed by atoms with Crippen LogP contribution in [0.2, 0.25) is 0 Å². The van der Waals surface area contributed by atoms with Gasteiger partial charge in [-0.2, -0.15) is 0 Å². The fraction of sp³-hybridized carbons (Fsp3) is 0.500. The van der Waals surface area contributed by atoms with Crippen molar-refractivity contribution in [1.82, 2.24) is 0 Å². The van der Waals surface area contributed by atoms with Gasteiger partial charge < -0.3 is 15.4 Å². The summed E-state index contributed by atoms with van der Waals surface area (Å²) in [4.78, 5) is 6.51. The summed E-state index contributed by atoms with van der Waals surface area (Å²) in [5, 5.41) is 0. The van der Waals surface area contributed by atoms with Crippen LogP contribution in [0.1, 0.15) is 18.9 Å². The van der Waals surface area contributed by atoms with Gasteiger partial charge in [-0.25, -0.2) is 0 Å². The summed E-state index contributed by atoms with van der Waals surface area (Å²) in [6.07, 6.45) is 0.943. The molecule has 1 aliphatic rings. The highest BCUT2D eigenvalue weighted by atomic mass is 16.5. The van der Waals surface area contributed by atoms with E-state index < -0.39 is 0 Å². The molecule has 0 amide bonds. The summed E-state index contributed by atoms with van der Waals surface area (Å²) < 4.78 is 5.37. The number of aliphatic imine (C=N–C) groups is 1. The van der Waals surface area contributed by atoms with Gasteiger partial charge in [0.25, 0.3) is 0 Å². The van der Waals surface area contributed by atoms with Crippen molar-refractivity contribution in [2.75, 3.05) is 25.2 Å². The van der Waals surface area contributed by atoms with E-state index in [0.717, 1.165) is 12.1 Å². The lowest BCUT2D eigenvalue weighted by Gasteiger charge is -2.38. The van der Waals surface area contributed by atoms with Gasteiger partial charge in [-0.3, -0.25) is 4.99 Å². The first-order valence-electron chi connectivity index (χ1n) is 6.29. The standard InChI is InChI=1S/C14H21N3O/c1-4-14(10-18-3)9-16-13(15)17(14)12-7-5-11(2)6-8-12/h5-8H,4,9-10H2,1-3H3,(H2,15,16). The molecule has 18 heavy (non-hydrogen) atoms. The van der Waals surface area contributed by atoms with E-state index in [1.807, 2.05) is 0 Å². The lowest BCUT2D eigenvalue weighted by Crippen LogP contribution is -2.54. The second kappa shape index (κ2) is 4.98. The number of nitrogens with zero attached hydrogens (tertiary/aromatic N) is 2. The minimum Gasteiger partial charge on any atom is -0.382 e. The summed E-state index contributed by atoms with van der Waals surface area (Å²) in [5.41, 5.74) is 8.23. The van der Waals surface area contributed by atoms with E-state index in [4.69, 9.17) is 10.5 Å². The third-order valence-corrected chi connectivity index (χ3v) is 3.60. The Bertz CT molecular complexity index is 441. The van der Waals surface area contributed by atoms with Crippen LogP contribution >= 0.6 is 0 Å². The first-order chi connectivity index (χ1) is 8.63. The number of guanidine groups is 1. The fourth-order valence-electron chi connectivity index (χ4n) is 2.46. The van der Waals surface area contributed by atoms with Gasteiger partial charge in [-0.15, -0.1) is 0 Å². The van der Waals surface area contributed by atoms with Gasteiger partial charge in [0.15, 0.2) is 5.96 Å². The molecular weight excluding hydrogens is 226 g/mol. The van der Waals surface area contributed by atoms with Crippen LogP contribution in [0, 0.1) is 6.92 Å². The number of nitrogens with two attached hydrogens (primary N) is 1. The molecule has 4 nitrogen and oxygen atoms in total. The van der Waals surface area contributed by atoms with Crippen LogP contribution in [0.15, 0.2) is 29.3 Å². The van der Waals surface area contributed by atoms with Gasteiger partial charge in [0.05, 0.1) is 18.7 Å². The number of benzene rings is 1. The van der Waals surface area contributed by atoms with Crippen LogP contribution in [-0.4, -0.2) is 31.8 Å². The summed E-state index contributed by atoms with van der Waals surface area (Å²) in [6, 6.07) is 8.36. The van der Waals surface area contributed by atoms with E-state index >= 15 is 0 Å². The zero-order valence-corrected chi connectivity index (χ0v) is 11.3. The minimum absolute atomic E-state index is 0.145. The maximum absolute atomic E-state index is 6.05. The number of rotatable bonds is 4. The number of methoxy groups -OCH3 is 1. The average molecular weight is 247 g/mol. The second-order valence-electron chi connectivity index (χ2n) is 4.86. The number of anilines is 1. The molecular formula is C14H21N3O. The van der Waals surface area contributed by atoms with E-state index in [1.54, 1.807) is 7.11 Å². The van der Waals surface area contributed by atoms with Crippen molar-refractivity contribution in [2.45, 2.75) is 25.8 Å². The predicted molar refractivity (Wildman–Crippen MR) is 75.0 cm³/mol. The number of hydrogen-bond donors (Lipinski definition) is 1. The van der Waals surface area contributed by atoms with Crippen LogP contribution in [0.4, 0.5) is 5.69 Å². The molecule has 1 heterocycles. The van der Waals surface area contributed by atoms with E-state index in [9.17, 15) is 0 Å². The van der Waals surface area contributed by atoms with Crippen molar-refractivity contribution in [1.29, 1.82) is 0 Å². The minimum atomic E-state index is -0.145. The summed E-state index contributed by atoms with van der Waals surface area (Å²) in [5.74, 6) is 0.581. The van der Waals surface area contributed by atoms with E-state index in [-0.39, 0.29) is 5.54 Å². The molecule has 98 valence electrons. The van der Waals surface area contributed by atoms with E-state index in [2.05, 4.69) is 48.0 Å². The lowest BCUT2D eigenvalue weighted by atomic mass is 9.95. The van der Waals surface area contributed by atoms with Crippen molar-refractivity contribution >= 4 is 11.6 Å². The monoisotopic (exact) mass is 247 g/mol. The highest BCUT2D eigenvalue weighted by molar-refractivity contribution is 5.98. The van der Waals surface area contributed by atoms with Crippen molar-refractivity contribution in [3.05, 3.63) is 29.8 Å². The molecule has 1 aliphatic heterocycles. The molecule has 4 heteroatoms. The Morgan fingerprint density at radius 1 is 1.39 bits per heavy atom. The molecule has 2 rings (SSSR count). The van der Waals surface area contributed by atoms with Gasteiger partial charge in [0, 0.05) is 12.8 Å². The Labute approximate surface area is 108 Å². The summed E-state index contributed by atoms with van der Waals surface area (Å²) in [7, 11) is 1.72. The van der Waals surface area contributed by atoms with Gasteiger partial charge >= 0.3 is 0 Å². The average Bonchev–Trinajstić information content (AvgIpc) is 2.69. The fourth-order valence-corrected chi connectivity index (χ4v) is 2.46. The molecule has 1 atom stereocenters. The predicted octanol–water partition coefficient (Wildman–Crippen LogP) is 1.92. The van der Waals surface area contributed by atoms with Crippen molar-refractivity contribution in [3.8, 4) is 0 Å². The molecule has 1 unspecified atom stereocenters. The molecule has 0 aromatic heterocycles. The summed E-state index contributed by atoms with van der Waals surface area (Å²) >= 11 is 0. The zero-order chi connectivity index (χ0) is 13.2. The van der Waals surface area contributed by atoms with Crippen LogP contribution < -0.4 is 10.6 Å². The number of aryl methyl sites for hydroxylation is 1. The Morgan fingerprint density at radius 2 is 2.06 bits per heavy atom. The molecule has 0 bridgehead atoms. The van der Waals surface area contributed by atoms with Crippen LogP contribution in [0.3, 0.4) is 0 Å². The SMILES string of the molecule is CCC1(COC)CN=C(N)N1c1ccc(C)cc1. The van der Waals surface area contributed by atoms with Gasteiger partial charge in [0.1, 0.15) is 0 Å². The van der Waals surface area contributed by atoms with Crippen molar-refractivity contribution in [3.63, 3.8) is 0 Å². The molecule has 0 saturated carbocycles. The second-order valence-corrected chi connectivity index (χ2v) is 4.86. The maximum Gasteiger partial charge on any atom is 0.196 e. The molecule has 2 N–H and O–H groups in total. The maximum atomic E-state index is 6.05. The van der Waals surface area contributed by atoms with E-state index in [1.165, 1.54) is 5.56 Å². The van der Waals surface area contributed by atoms with Crippen LogP contribution in [0.25, 0.3) is 0 Å². The van der Waals surface area contributed by atoms with Gasteiger partial charge in [-0.1, -0.05) is 24.6 Å². The molecule has 0 radical (unpaired) electrons. The molecule has 0 spiro atoms. The van der Waals surface area contributed by atoms with Crippen LogP contribution in [0.5, 0.6) is 0 Å². The Balaban J connectivity index is 2.37. The largest absolute Gasteiger partial charge is 0.382 e. The van der Waals surface area contributed by atoms with Crippen molar-refractivity contribution < 1.29 is 4.74 Å². The third-order valence-electron chi connectivity index (χ3n) is 3.60. The number of hydrogen-bond acceptors (Lipinski definition) is 4. The van der Waals surface area contributed by atoms with Crippen molar-refractivity contribution in [2.24, 2.45) is 10.7 Å². The normalized spacial score (nSPS) is 23.3. The quantitative estimate of drug-likeness (QED) is 0.884. The smallest absolute Gasteiger partial charge is 0.196 e. The molecule has 0 aliphatic carbocycles. The van der Waals surface area contributed by atoms with Gasteiger partial charge in [-0.05, 0) is 25.5 Å². The topological polar surface area (TPSA) is 50.9 Å². The summed E-state index contributed by atoms with van der Waals surface area (Å²) in [6.45, 7) is 5.54. The number of ether oxygens (including phenoxy) is 1. The highest BCUT2D eigenvalue weighted by Gasteiger charge is 2.41. The molecule has 1 aromatic carbocycles. The Kier molecular flexibility index (Phi) is 3.57. The first-order valence-corrected chi connectivity index (χ1v) is 6.29. The first kappa shape index (κ1) is 12.9. The highest BCUT2D eigenvalue weighted by Crippen LogP contribution is 2.31. The zero-order valence-electron chi connectivity index (χ0n) is 11.3. The lowest BCUT2D eigenvalue weighted by molar-refractivity contribution is 0.138. The third kappa shape index (κ3) is 2.08. The molecule has 0 saturated heterocycles. The molecule has 1 aromatic rings. The Morgan fingerprint density at radius 3 is 2.61 bits per heavy atom.